The summed E-state index contributed by atoms with van der Waals surface area (Å²) < 4.78 is 1.41. The third-order valence-corrected chi connectivity index (χ3v) is 6.44. The lowest BCUT2D eigenvalue weighted by atomic mass is 9.86. The van der Waals surface area contributed by atoms with Gasteiger partial charge in [0.2, 0.25) is 5.91 Å². The van der Waals surface area contributed by atoms with Crippen LogP contribution in [0.2, 0.25) is 0 Å². The maximum absolute atomic E-state index is 12.8. The van der Waals surface area contributed by atoms with E-state index in [1.807, 2.05) is 36.4 Å². The fourth-order valence-corrected chi connectivity index (χ4v) is 4.75. The minimum absolute atomic E-state index is 0.0154. The number of rotatable bonds is 4. The predicted molar refractivity (Wildman–Crippen MR) is 109 cm³/mol. The first kappa shape index (κ1) is 17.9. The van der Waals surface area contributed by atoms with Gasteiger partial charge in [0, 0.05) is 10.9 Å². The molecule has 0 unspecified atom stereocenters. The van der Waals surface area contributed by atoms with Gasteiger partial charge in [-0.15, -0.1) is 11.3 Å². The summed E-state index contributed by atoms with van der Waals surface area (Å²) in [5.74, 6) is 0.376. The molecule has 1 N–H and O–H groups in total. The smallest absolute Gasteiger partial charge is 0.262 e. The van der Waals surface area contributed by atoms with E-state index in [0.717, 1.165) is 29.7 Å². The molecule has 6 heteroatoms. The van der Waals surface area contributed by atoms with Crippen molar-refractivity contribution in [2.24, 2.45) is 5.92 Å². The topological polar surface area (TPSA) is 64.0 Å². The highest BCUT2D eigenvalue weighted by Crippen LogP contribution is 2.30. The zero-order valence-electron chi connectivity index (χ0n) is 15.4. The zero-order valence-corrected chi connectivity index (χ0v) is 16.2. The van der Waals surface area contributed by atoms with Crippen molar-refractivity contribution in [3.8, 4) is 10.4 Å². The third-order valence-electron chi connectivity index (χ3n) is 5.35. The highest BCUT2D eigenvalue weighted by atomic mass is 32.1. The molecule has 2 heterocycles. The Kier molecular flexibility index (Phi) is 5.07. The first-order valence-corrected chi connectivity index (χ1v) is 10.3. The molecule has 1 aromatic carbocycles. The number of amides is 1. The average molecular weight is 382 g/mol. The summed E-state index contributed by atoms with van der Waals surface area (Å²) >= 11 is 1.50. The van der Waals surface area contributed by atoms with E-state index in [0.29, 0.717) is 16.1 Å². The molecule has 1 fully saturated rings. The van der Waals surface area contributed by atoms with Gasteiger partial charge in [0.05, 0.1) is 11.7 Å². The van der Waals surface area contributed by atoms with E-state index in [1.165, 1.54) is 28.7 Å². The van der Waals surface area contributed by atoms with Gasteiger partial charge in [-0.05, 0) is 30.4 Å². The fraction of sp³-hybridized carbons (Fsp3) is 0.381. The van der Waals surface area contributed by atoms with Crippen molar-refractivity contribution in [1.82, 2.24) is 14.9 Å². The number of carbonyl (C=O) groups excluding carboxylic acids is 1. The van der Waals surface area contributed by atoms with E-state index in [9.17, 15) is 9.59 Å². The van der Waals surface area contributed by atoms with Crippen LogP contribution in [0.15, 0.2) is 47.5 Å². The molecule has 0 spiro atoms. The molecule has 3 aromatic rings. The van der Waals surface area contributed by atoms with Gasteiger partial charge in [-0.3, -0.25) is 14.2 Å². The van der Waals surface area contributed by atoms with Crippen molar-refractivity contribution in [1.29, 1.82) is 0 Å². The van der Waals surface area contributed by atoms with Gasteiger partial charge in [0.1, 0.15) is 11.4 Å². The summed E-state index contributed by atoms with van der Waals surface area (Å²) in [4.78, 5) is 31.4. The van der Waals surface area contributed by atoms with Crippen molar-refractivity contribution in [3.05, 3.63) is 53.1 Å². The molecule has 27 heavy (non-hydrogen) atoms. The zero-order chi connectivity index (χ0) is 18.8. The van der Waals surface area contributed by atoms with Gasteiger partial charge < -0.3 is 5.32 Å². The number of hydrogen-bond acceptors (Lipinski definition) is 4. The molecule has 2 aromatic heterocycles. The first-order chi connectivity index (χ1) is 13.1. The summed E-state index contributed by atoms with van der Waals surface area (Å²) in [6, 6.07) is 12.0. The SMILES string of the molecule is C[C@H]1CCCC[C@@H]1NC(=O)Cn1cnc2sc(-c3ccccc3)cc2c1=O. The van der Waals surface area contributed by atoms with Crippen LogP contribution < -0.4 is 10.9 Å². The molecule has 1 aliphatic carbocycles. The predicted octanol–water partition coefficient (Wildman–Crippen LogP) is 3.82. The molecule has 5 nitrogen and oxygen atoms in total. The largest absolute Gasteiger partial charge is 0.352 e. The third kappa shape index (κ3) is 3.81. The van der Waals surface area contributed by atoms with E-state index >= 15 is 0 Å². The highest BCUT2D eigenvalue weighted by molar-refractivity contribution is 7.21. The van der Waals surface area contributed by atoms with E-state index in [4.69, 9.17) is 0 Å². The molecule has 1 amide bonds. The van der Waals surface area contributed by atoms with Gasteiger partial charge in [-0.1, -0.05) is 50.1 Å². The number of carbonyl (C=O) groups is 1. The number of thiophene rings is 1. The molecule has 0 aliphatic heterocycles. The molecule has 2 atom stereocenters. The second-order valence-corrected chi connectivity index (χ2v) is 8.34. The minimum atomic E-state index is -0.162. The Balaban J connectivity index is 1.55. The summed E-state index contributed by atoms with van der Waals surface area (Å²) in [7, 11) is 0. The highest BCUT2D eigenvalue weighted by Gasteiger charge is 2.23. The molecule has 140 valence electrons. The molecule has 4 rings (SSSR count). The van der Waals surface area contributed by atoms with E-state index in [1.54, 1.807) is 0 Å². The Hall–Kier alpha value is -2.47. The Labute approximate surface area is 162 Å². The molecule has 1 saturated carbocycles. The van der Waals surface area contributed by atoms with Crippen LogP contribution in [0.25, 0.3) is 20.7 Å². The lowest BCUT2D eigenvalue weighted by molar-refractivity contribution is -0.123. The minimum Gasteiger partial charge on any atom is -0.352 e. The number of nitrogens with one attached hydrogen (secondary N) is 1. The monoisotopic (exact) mass is 381 g/mol. The van der Waals surface area contributed by atoms with Crippen molar-refractivity contribution >= 4 is 27.5 Å². The quantitative estimate of drug-likeness (QED) is 0.747. The van der Waals surface area contributed by atoms with Gasteiger partial charge in [0.15, 0.2) is 0 Å². The van der Waals surface area contributed by atoms with Crippen LogP contribution in [0.1, 0.15) is 32.6 Å². The van der Waals surface area contributed by atoms with Crippen LogP contribution >= 0.6 is 11.3 Å². The molecule has 0 saturated heterocycles. The molecule has 0 bridgehead atoms. The van der Waals surface area contributed by atoms with Gasteiger partial charge >= 0.3 is 0 Å². The maximum Gasteiger partial charge on any atom is 0.262 e. The fourth-order valence-electron chi connectivity index (χ4n) is 3.75. The lowest BCUT2D eigenvalue weighted by Gasteiger charge is -2.29. The lowest BCUT2D eigenvalue weighted by Crippen LogP contribution is -2.43. The summed E-state index contributed by atoms with van der Waals surface area (Å²) in [6.07, 6.45) is 6.04. The van der Waals surface area contributed by atoms with E-state index < -0.39 is 0 Å². The molecule has 0 radical (unpaired) electrons. The van der Waals surface area contributed by atoms with Crippen molar-refractivity contribution in [2.75, 3.05) is 0 Å². The Morgan fingerprint density at radius 2 is 2.04 bits per heavy atom. The molecule has 1 aliphatic rings. The second kappa shape index (κ2) is 7.64. The Morgan fingerprint density at radius 1 is 1.26 bits per heavy atom. The van der Waals surface area contributed by atoms with Crippen LogP contribution in [-0.2, 0) is 11.3 Å². The molecular formula is C21H23N3O2S. The van der Waals surface area contributed by atoms with Crippen LogP contribution in [0.3, 0.4) is 0 Å². The second-order valence-electron chi connectivity index (χ2n) is 7.31. The van der Waals surface area contributed by atoms with Crippen molar-refractivity contribution in [2.45, 2.75) is 45.2 Å². The van der Waals surface area contributed by atoms with Crippen molar-refractivity contribution in [3.63, 3.8) is 0 Å². The van der Waals surface area contributed by atoms with E-state index in [2.05, 4.69) is 17.2 Å². The van der Waals surface area contributed by atoms with Crippen LogP contribution in [-0.4, -0.2) is 21.5 Å². The van der Waals surface area contributed by atoms with Gasteiger partial charge in [0.25, 0.3) is 5.56 Å². The summed E-state index contributed by atoms with van der Waals surface area (Å²) in [6.45, 7) is 2.20. The molecular weight excluding hydrogens is 358 g/mol. The summed E-state index contributed by atoms with van der Waals surface area (Å²) in [5, 5.41) is 3.67. The number of fused-ring (bicyclic) bond motifs is 1. The van der Waals surface area contributed by atoms with Gasteiger partial charge in [-0.2, -0.15) is 0 Å². The van der Waals surface area contributed by atoms with Crippen LogP contribution in [0.4, 0.5) is 0 Å². The number of hydrogen-bond donors (Lipinski definition) is 1. The Bertz CT molecular complexity index is 1010. The van der Waals surface area contributed by atoms with E-state index in [-0.39, 0.29) is 24.1 Å². The first-order valence-electron chi connectivity index (χ1n) is 9.45. The average Bonchev–Trinajstić information content (AvgIpc) is 3.12. The maximum atomic E-state index is 12.8. The number of aromatic nitrogens is 2. The Morgan fingerprint density at radius 3 is 2.81 bits per heavy atom. The van der Waals surface area contributed by atoms with Crippen molar-refractivity contribution < 1.29 is 4.79 Å². The standard InChI is InChI=1S/C21H23N3O2S/c1-14-7-5-6-10-17(14)23-19(25)12-24-13-22-20-16(21(24)26)11-18(27-20)15-8-3-2-4-9-15/h2-4,8-9,11,13-14,17H,5-7,10,12H2,1H3,(H,23,25)/t14-,17-/m0/s1. The summed E-state index contributed by atoms with van der Waals surface area (Å²) in [5.41, 5.74) is 0.903. The van der Waals surface area contributed by atoms with Crippen LogP contribution in [0, 0.1) is 5.92 Å². The normalized spacial score (nSPS) is 19.9. The number of benzene rings is 1. The van der Waals surface area contributed by atoms with Crippen LogP contribution in [0.5, 0.6) is 0 Å². The number of nitrogens with zero attached hydrogens (tertiary/aromatic N) is 2. The van der Waals surface area contributed by atoms with Gasteiger partial charge in [-0.25, -0.2) is 4.98 Å².